The summed E-state index contributed by atoms with van der Waals surface area (Å²) in [7, 11) is -4.74. The van der Waals surface area contributed by atoms with Gasteiger partial charge < -0.3 is 20.1 Å². The molecule has 0 aliphatic heterocycles. The number of esters is 1. The molecule has 10 heteroatoms. The minimum absolute atomic E-state index is 0.0320. The fourth-order valence-electron chi connectivity index (χ4n) is 10.2. The Morgan fingerprint density at radius 2 is 1.67 bits per heavy atom. The minimum Gasteiger partial charge on any atom is -0.462 e. The van der Waals surface area contributed by atoms with Crippen molar-refractivity contribution in [2.24, 2.45) is 33.5 Å². The third-order valence-corrected chi connectivity index (χ3v) is 13.5. The highest BCUT2D eigenvalue weighted by atomic mass is 32.3. The summed E-state index contributed by atoms with van der Waals surface area (Å²) in [6.07, 6.45) is 6.39. The van der Waals surface area contributed by atoms with Gasteiger partial charge in [0, 0.05) is 17.8 Å². The number of aliphatic hydroxyl groups excluding tert-OH is 1. The third kappa shape index (κ3) is 5.30. The van der Waals surface area contributed by atoms with E-state index < -0.39 is 34.3 Å². The molecular weight excluding hydrogens is 560 g/mol. The van der Waals surface area contributed by atoms with Crippen molar-refractivity contribution < 1.29 is 42.0 Å². The molecule has 0 saturated heterocycles. The summed E-state index contributed by atoms with van der Waals surface area (Å²) in [6.45, 7) is 15.5. The number of carbonyl (C=O) groups is 1. The van der Waals surface area contributed by atoms with Gasteiger partial charge in [-0.2, -0.15) is 8.42 Å². The summed E-state index contributed by atoms with van der Waals surface area (Å²) in [5, 5.41) is 33.7. The molecule has 0 bridgehead atoms. The lowest BCUT2D eigenvalue weighted by Gasteiger charge is -2.63. The van der Waals surface area contributed by atoms with Gasteiger partial charge in [0.1, 0.15) is 11.7 Å². The van der Waals surface area contributed by atoms with Gasteiger partial charge in [0.2, 0.25) is 0 Å². The lowest BCUT2D eigenvalue weighted by Crippen LogP contribution is -2.58. The van der Waals surface area contributed by atoms with Crippen molar-refractivity contribution in [3.8, 4) is 0 Å². The van der Waals surface area contributed by atoms with Crippen LogP contribution in [0.25, 0.3) is 0 Å². The molecule has 0 amide bonds. The maximum absolute atomic E-state index is 12.4. The monoisotopic (exact) mass is 614 g/mol. The number of rotatable bonds is 9. The van der Waals surface area contributed by atoms with Crippen molar-refractivity contribution in [1.82, 2.24) is 0 Å². The van der Waals surface area contributed by atoms with Crippen LogP contribution in [0.3, 0.4) is 0 Å². The van der Waals surface area contributed by atoms with Crippen LogP contribution in [0.2, 0.25) is 0 Å². The second-order valence-corrected chi connectivity index (χ2v) is 16.6. The molecule has 4 N–H and O–H groups in total. The summed E-state index contributed by atoms with van der Waals surface area (Å²) < 4.78 is 40.9. The number of hydrogen-bond donors (Lipinski definition) is 4. The molecule has 9 unspecified atom stereocenters. The van der Waals surface area contributed by atoms with Crippen LogP contribution in [0.1, 0.15) is 120 Å². The van der Waals surface area contributed by atoms with Crippen LogP contribution in [0, 0.1) is 33.5 Å². The quantitative estimate of drug-likeness (QED) is 0.157. The molecule has 0 heterocycles. The van der Waals surface area contributed by atoms with Gasteiger partial charge >= 0.3 is 16.4 Å². The molecule has 0 aromatic rings. The minimum atomic E-state index is -4.74. The van der Waals surface area contributed by atoms with Gasteiger partial charge in [-0.25, -0.2) is 4.18 Å². The molecule has 4 aliphatic carbocycles. The molecule has 9 atom stereocenters. The summed E-state index contributed by atoms with van der Waals surface area (Å²) >= 11 is 0. The van der Waals surface area contributed by atoms with Gasteiger partial charge in [-0.15, -0.1) is 0 Å². The van der Waals surface area contributed by atoms with Gasteiger partial charge in [-0.05, 0) is 93.8 Å². The smallest absolute Gasteiger partial charge is 0.397 e. The van der Waals surface area contributed by atoms with E-state index in [9.17, 15) is 28.5 Å². The molecule has 0 aromatic carbocycles. The summed E-state index contributed by atoms with van der Waals surface area (Å²) in [4.78, 5) is 11.9. The first-order valence-electron chi connectivity index (χ1n) is 15.7. The second kappa shape index (κ2) is 10.8. The van der Waals surface area contributed by atoms with Crippen molar-refractivity contribution >= 4 is 16.4 Å². The fraction of sp³-hybridized carbons (Fsp3) is 0.906. The predicted octanol–water partition coefficient (Wildman–Crippen LogP) is 5.13. The van der Waals surface area contributed by atoms with E-state index in [-0.39, 0.29) is 46.1 Å². The van der Waals surface area contributed by atoms with E-state index in [1.54, 1.807) is 5.57 Å². The van der Waals surface area contributed by atoms with E-state index in [1.807, 2.05) is 6.92 Å². The highest BCUT2D eigenvalue weighted by Crippen LogP contribution is 2.73. The number of carbonyl (C=O) groups excluding carboxylic acids is 1. The molecule has 4 aliphatic rings. The Labute approximate surface area is 252 Å². The largest absolute Gasteiger partial charge is 0.462 e. The Balaban J connectivity index is 1.55. The maximum Gasteiger partial charge on any atom is 0.397 e. The highest BCUT2D eigenvalue weighted by molar-refractivity contribution is 7.80. The number of allylic oxidation sites excluding steroid dienone is 2. The molecule has 42 heavy (non-hydrogen) atoms. The zero-order chi connectivity index (χ0) is 31.7. The van der Waals surface area contributed by atoms with Crippen LogP contribution in [0.5, 0.6) is 0 Å². The SMILES string of the molecule is CC(=O)OC1CCC2(C)C3=C(CCC2C1(C)C)C1(C)CCC(O)(C(C)CCC(O)C(C)(O)COS(=O)(=O)O)C1(C)CC3. The second-order valence-electron chi connectivity index (χ2n) is 15.6. The Bertz CT molecular complexity index is 1210. The van der Waals surface area contributed by atoms with Crippen LogP contribution in [-0.2, 0) is 24.1 Å². The Kier molecular flexibility index (Phi) is 8.70. The number of fused-ring (bicyclic) bond motifs is 4. The zero-order valence-electron chi connectivity index (χ0n) is 26.8. The molecule has 0 spiro atoms. The summed E-state index contributed by atoms with van der Waals surface area (Å²) in [5.74, 6) is 0.0211. The first-order valence-corrected chi connectivity index (χ1v) is 17.1. The van der Waals surface area contributed by atoms with Crippen LogP contribution in [0.15, 0.2) is 11.1 Å². The molecule has 242 valence electrons. The topological polar surface area (TPSA) is 151 Å². The van der Waals surface area contributed by atoms with Gasteiger partial charge in [-0.3, -0.25) is 9.35 Å². The Morgan fingerprint density at radius 3 is 2.26 bits per heavy atom. The molecule has 0 radical (unpaired) electrons. The van der Waals surface area contributed by atoms with E-state index in [1.165, 1.54) is 19.4 Å². The maximum atomic E-state index is 12.4. The normalized spacial score (nSPS) is 40.8. The van der Waals surface area contributed by atoms with Gasteiger partial charge in [0.25, 0.3) is 0 Å². The molecule has 0 aromatic heterocycles. The van der Waals surface area contributed by atoms with E-state index in [0.717, 1.165) is 44.9 Å². The van der Waals surface area contributed by atoms with Crippen LogP contribution >= 0.6 is 0 Å². The highest BCUT2D eigenvalue weighted by Gasteiger charge is 2.68. The summed E-state index contributed by atoms with van der Waals surface area (Å²) in [6, 6.07) is 0. The average Bonchev–Trinajstić information content (AvgIpc) is 3.09. The van der Waals surface area contributed by atoms with Crippen molar-refractivity contribution in [1.29, 1.82) is 0 Å². The number of aliphatic hydroxyl groups is 3. The Morgan fingerprint density at radius 1 is 1.02 bits per heavy atom. The van der Waals surface area contributed by atoms with Crippen LogP contribution in [-0.4, -0.2) is 64.3 Å². The van der Waals surface area contributed by atoms with Crippen molar-refractivity contribution in [3.05, 3.63) is 11.1 Å². The lowest BCUT2D eigenvalue weighted by molar-refractivity contribution is -0.168. The van der Waals surface area contributed by atoms with Gasteiger partial charge in [-0.1, -0.05) is 52.7 Å². The van der Waals surface area contributed by atoms with Gasteiger partial charge in [0.15, 0.2) is 0 Å². The summed E-state index contributed by atoms with van der Waals surface area (Å²) in [5.41, 5.74) is -0.397. The molecule has 4 rings (SSSR count). The zero-order valence-corrected chi connectivity index (χ0v) is 27.6. The van der Waals surface area contributed by atoms with E-state index in [4.69, 9.17) is 9.29 Å². The number of hydrogen-bond acceptors (Lipinski definition) is 8. The van der Waals surface area contributed by atoms with Crippen LogP contribution < -0.4 is 0 Å². The first kappa shape index (κ1) is 33.8. The average molecular weight is 615 g/mol. The number of ether oxygens (including phenoxy) is 1. The van der Waals surface area contributed by atoms with Crippen molar-refractivity contribution in [3.63, 3.8) is 0 Å². The molecule has 2 saturated carbocycles. The molecular formula is C32H54O9S. The van der Waals surface area contributed by atoms with Gasteiger partial charge in [0.05, 0.1) is 18.3 Å². The fourth-order valence-corrected chi connectivity index (χ4v) is 10.6. The van der Waals surface area contributed by atoms with Crippen molar-refractivity contribution in [2.45, 2.75) is 143 Å². The van der Waals surface area contributed by atoms with Crippen LogP contribution in [0.4, 0.5) is 0 Å². The predicted molar refractivity (Wildman–Crippen MR) is 159 cm³/mol. The molecule has 9 nitrogen and oxygen atoms in total. The lowest BCUT2D eigenvalue weighted by atomic mass is 9.43. The Hall–Kier alpha value is -1.04. The molecule has 2 fully saturated rings. The first-order chi connectivity index (χ1) is 19.1. The van der Waals surface area contributed by atoms with E-state index >= 15 is 0 Å². The van der Waals surface area contributed by atoms with Crippen molar-refractivity contribution in [2.75, 3.05) is 6.61 Å². The van der Waals surface area contributed by atoms with E-state index in [2.05, 4.69) is 38.8 Å². The third-order valence-electron chi connectivity index (χ3n) is 13.1. The van der Waals surface area contributed by atoms with E-state index in [0.29, 0.717) is 18.8 Å². The standard InChI is InChI=1S/C32H54O9S/c1-20(9-12-25(34)30(7,35)19-40-42(37,38)39)32(36)18-17-29(6)23-10-11-24-27(3,4)26(41-21(2)33)14-15-28(24,5)22(23)13-16-31(29,32)8/h20,24-26,34-36H,9-19H2,1-8H3,(H,37,38,39).